The minimum atomic E-state index is -1.63. The zero-order valence-electron chi connectivity index (χ0n) is 20.3. The maximum absolute atomic E-state index is 14.4. The Hall–Kier alpha value is -4.28. The van der Waals surface area contributed by atoms with Gasteiger partial charge in [-0.15, -0.1) is 0 Å². The van der Waals surface area contributed by atoms with E-state index in [0.717, 1.165) is 22.4 Å². The molecule has 1 aliphatic rings. The highest BCUT2D eigenvalue weighted by molar-refractivity contribution is 5.84. The van der Waals surface area contributed by atoms with Crippen LogP contribution in [0.25, 0.3) is 0 Å². The summed E-state index contributed by atoms with van der Waals surface area (Å²) >= 11 is 0. The van der Waals surface area contributed by atoms with Crippen LogP contribution in [-0.2, 0) is 29.1 Å². The number of halogens is 3. The number of carboxylic acid groups (broad SMARTS) is 1. The zero-order valence-corrected chi connectivity index (χ0v) is 20.3. The molecule has 1 aliphatic heterocycles. The van der Waals surface area contributed by atoms with Crippen molar-refractivity contribution in [2.24, 2.45) is 10.9 Å². The van der Waals surface area contributed by atoms with Crippen LogP contribution in [0.4, 0.5) is 13.2 Å². The predicted molar refractivity (Wildman–Crippen MR) is 129 cm³/mol. The highest BCUT2D eigenvalue weighted by atomic mass is 19.2. The minimum Gasteiger partial charge on any atom is -0.494 e. The Bertz CT molecular complexity index is 1410. The molecule has 2 aromatic carbocycles. The first-order valence-corrected chi connectivity index (χ1v) is 12.0. The van der Waals surface area contributed by atoms with Crippen molar-refractivity contribution in [3.8, 4) is 5.75 Å². The number of rotatable bonds is 9. The standard InChI is InChI=1S/C27H26F3N3O5/c28-22-8-6-18(25(29)26(22)30)15-32-16-20-13-21(7-5-17(20)12-19(27(32)36)14-24(34)35)38-11-3-9-31-23-4-1-2-10-33(23)37/h1-2,4-8,10,13,19,37H,3,9,11-12,14-16H2,(H,34,35). The number of nitrogens with zero attached hydrogens (tertiary/aromatic N) is 3. The van der Waals surface area contributed by atoms with E-state index in [9.17, 15) is 33.1 Å². The zero-order chi connectivity index (χ0) is 27.2. The Morgan fingerprint density at radius 2 is 1.89 bits per heavy atom. The van der Waals surface area contributed by atoms with E-state index >= 15 is 0 Å². The number of aliphatic carboxylic acids is 1. The Kier molecular flexibility index (Phi) is 8.35. The summed E-state index contributed by atoms with van der Waals surface area (Å²) in [5.41, 5.74) is 1.63. The lowest BCUT2D eigenvalue weighted by molar-refractivity contribution is -0.144. The summed E-state index contributed by atoms with van der Waals surface area (Å²) in [6.45, 7) is 0.396. The Labute approximate surface area is 216 Å². The van der Waals surface area contributed by atoms with Gasteiger partial charge in [0.15, 0.2) is 22.9 Å². The molecule has 3 aromatic rings. The maximum atomic E-state index is 14.4. The molecule has 1 unspecified atom stereocenters. The van der Waals surface area contributed by atoms with Crippen LogP contribution < -0.4 is 10.2 Å². The van der Waals surface area contributed by atoms with E-state index < -0.39 is 41.7 Å². The number of aromatic nitrogens is 1. The van der Waals surface area contributed by atoms with Gasteiger partial charge in [-0.25, -0.2) is 13.2 Å². The minimum absolute atomic E-state index is 0.0137. The molecular weight excluding hydrogens is 503 g/mol. The molecule has 200 valence electrons. The van der Waals surface area contributed by atoms with Gasteiger partial charge >= 0.3 is 5.97 Å². The molecule has 2 N–H and O–H groups in total. The van der Waals surface area contributed by atoms with E-state index in [1.54, 1.807) is 36.4 Å². The van der Waals surface area contributed by atoms with Crippen molar-refractivity contribution < 1.29 is 37.8 Å². The van der Waals surface area contributed by atoms with Crippen molar-refractivity contribution >= 4 is 11.9 Å². The number of hydrogen-bond acceptors (Lipinski definition) is 5. The topological polar surface area (TPSA) is 104 Å². The van der Waals surface area contributed by atoms with Crippen molar-refractivity contribution in [1.82, 2.24) is 9.63 Å². The number of carboxylic acids is 1. The average Bonchev–Trinajstić information content (AvgIpc) is 3.01. The largest absolute Gasteiger partial charge is 0.494 e. The van der Waals surface area contributed by atoms with E-state index in [1.165, 1.54) is 11.1 Å². The monoisotopic (exact) mass is 529 g/mol. The summed E-state index contributed by atoms with van der Waals surface area (Å²) in [4.78, 5) is 30.1. The van der Waals surface area contributed by atoms with Crippen molar-refractivity contribution in [2.45, 2.75) is 32.4 Å². The fourth-order valence-electron chi connectivity index (χ4n) is 4.33. The summed E-state index contributed by atoms with van der Waals surface area (Å²) < 4.78 is 48.3. The Morgan fingerprint density at radius 3 is 2.66 bits per heavy atom. The van der Waals surface area contributed by atoms with Crippen LogP contribution in [0, 0.1) is 23.4 Å². The number of ether oxygens (including phenoxy) is 1. The lowest BCUT2D eigenvalue weighted by Gasteiger charge is -2.24. The van der Waals surface area contributed by atoms with Crippen molar-refractivity contribution in [2.75, 3.05) is 13.2 Å². The SMILES string of the molecule is O=C(O)CC1Cc2ccc(OCCCN=c3ccccn3O)cc2CN(Cc2ccc(F)c(F)c2F)C1=O. The highest BCUT2D eigenvalue weighted by Crippen LogP contribution is 2.30. The molecule has 0 bridgehead atoms. The molecule has 0 saturated carbocycles. The van der Waals surface area contributed by atoms with Crippen molar-refractivity contribution in [1.29, 1.82) is 0 Å². The van der Waals surface area contributed by atoms with Gasteiger partial charge in [0.25, 0.3) is 0 Å². The number of amides is 1. The van der Waals surface area contributed by atoms with Crippen molar-refractivity contribution in [3.63, 3.8) is 0 Å². The number of carbonyl (C=O) groups excluding carboxylic acids is 1. The summed E-state index contributed by atoms with van der Waals surface area (Å²) in [5.74, 6) is -6.40. The first-order chi connectivity index (χ1) is 18.2. The predicted octanol–water partition coefficient (Wildman–Crippen LogP) is 3.69. The van der Waals surface area contributed by atoms with Crippen molar-refractivity contribution in [3.05, 3.63) is 94.4 Å². The maximum Gasteiger partial charge on any atom is 0.304 e. The number of carbonyl (C=O) groups is 2. The molecule has 0 radical (unpaired) electrons. The smallest absolute Gasteiger partial charge is 0.304 e. The quantitative estimate of drug-likeness (QED) is 0.250. The van der Waals surface area contributed by atoms with Crippen LogP contribution in [0.5, 0.6) is 5.75 Å². The van der Waals surface area contributed by atoms with E-state index in [4.69, 9.17) is 4.74 Å². The van der Waals surface area contributed by atoms with Crippen LogP contribution in [0.2, 0.25) is 0 Å². The molecule has 0 aliphatic carbocycles. The third-order valence-corrected chi connectivity index (χ3v) is 6.23. The lowest BCUT2D eigenvalue weighted by Crippen LogP contribution is -2.35. The van der Waals surface area contributed by atoms with Gasteiger partial charge in [0.2, 0.25) is 5.91 Å². The fraction of sp³-hybridized carbons (Fsp3) is 0.296. The van der Waals surface area contributed by atoms with E-state index in [2.05, 4.69) is 4.99 Å². The third-order valence-electron chi connectivity index (χ3n) is 6.23. The molecule has 1 amide bonds. The summed E-state index contributed by atoms with van der Waals surface area (Å²) in [6, 6.07) is 12.2. The molecule has 0 fully saturated rings. The Morgan fingerprint density at radius 1 is 1.08 bits per heavy atom. The van der Waals surface area contributed by atoms with Gasteiger partial charge in [-0.1, -0.05) is 18.2 Å². The second-order valence-corrected chi connectivity index (χ2v) is 8.95. The number of benzene rings is 2. The van der Waals surface area contributed by atoms with Gasteiger partial charge in [-0.3, -0.25) is 14.6 Å². The summed E-state index contributed by atoms with van der Waals surface area (Å²) in [6.07, 6.45) is 1.77. The molecule has 8 nitrogen and oxygen atoms in total. The fourth-order valence-corrected chi connectivity index (χ4v) is 4.33. The van der Waals surface area contributed by atoms with Gasteiger partial charge in [0, 0.05) is 37.8 Å². The molecule has 11 heteroatoms. The average molecular weight is 530 g/mol. The van der Waals surface area contributed by atoms with E-state index in [0.29, 0.717) is 36.4 Å². The molecule has 2 heterocycles. The van der Waals surface area contributed by atoms with Crippen LogP contribution in [0.15, 0.2) is 59.7 Å². The highest BCUT2D eigenvalue weighted by Gasteiger charge is 2.32. The van der Waals surface area contributed by atoms with Crippen LogP contribution in [0.3, 0.4) is 0 Å². The van der Waals surface area contributed by atoms with Gasteiger partial charge < -0.3 is 20.0 Å². The second-order valence-electron chi connectivity index (χ2n) is 8.95. The first kappa shape index (κ1) is 26.8. The molecule has 1 atom stereocenters. The molecular formula is C27H26F3N3O5. The van der Waals surface area contributed by atoms with Gasteiger partial charge in [-0.05, 0) is 47.9 Å². The van der Waals surface area contributed by atoms with Gasteiger partial charge in [0.05, 0.1) is 18.9 Å². The summed E-state index contributed by atoms with van der Waals surface area (Å²) in [7, 11) is 0. The molecule has 4 rings (SSSR count). The van der Waals surface area contributed by atoms with Crippen LogP contribution >= 0.6 is 0 Å². The summed E-state index contributed by atoms with van der Waals surface area (Å²) in [5, 5.41) is 19.0. The van der Waals surface area contributed by atoms with E-state index in [1.807, 2.05) is 0 Å². The third kappa shape index (κ3) is 6.34. The number of fused-ring (bicyclic) bond motifs is 1. The second kappa shape index (κ2) is 11.8. The van der Waals surface area contributed by atoms with Gasteiger partial charge in [-0.2, -0.15) is 4.73 Å². The lowest BCUT2D eigenvalue weighted by atomic mass is 9.94. The van der Waals surface area contributed by atoms with Crippen LogP contribution in [0.1, 0.15) is 29.5 Å². The van der Waals surface area contributed by atoms with E-state index in [-0.39, 0.29) is 25.1 Å². The van der Waals surface area contributed by atoms with Crippen LogP contribution in [-0.4, -0.2) is 45.0 Å². The molecule has 38 heavy (non-hydrogen) atoms. The Balaban J connectivity index is 1.50. The molecule has 0 spiro atoms. The number of pyridine rings is 1. The molecule has 1 aromatic heterocycles. The first-order valence-electron chi connectivity index (χ1n) is 12.0. The molecule has 0 saturated heterocycles. The number of hydrogen-bond donors (Lipinski definition) is 2. The van der Waals surface area contributed by atoms with Gasteiger partial charge in [0.1, 0.15) is 5.75 Å². The normalized spacial score (nSPS) is 15.8.